The minimum absolute atomic E-state index is 0.335. The summed E-state index contributed by atoms with van der Waals surface area (Å²) in [4.78, 5) is 12.4. The average Bonchev–Trinajstić information content (AvgIpc) is 2.63. The first kappa shape index (κ1) is 23.7. The zero-order valence-electron chi connectivity index (χ0n) is 18.6. The van der Waals surface area contributed by atoms with Gasteiger partial charge in [0.1, 0.15) is 5.78 Å². The molecule has 2 N–H and O–H groups in total. The van der Waals surface area contributed by atoms with Crippen LogP contribution in [0.5, 0.6) is 0 Å². The van der Waals surface area contributed by atoms with E-state index in [9.17, 15) is 4.79 Å². The Kier molecular flexibility index (Phi) is 9.72. The largest absolute Gasteiger partial charge is 0.399 e. The zero-order valence-corrected chi connectivity index (χ0v) is 18.6. The Morgan fingerprint density at radius 3 is 2.29 bits per heavy atom. The zero-order chi connectivity index (χ0) is 21.3. The van der Waals surface area contributed by atoms with Crippen LogP contribution >= 0.6 is 0 Å². The number of rotatable bonds is 10. The van der Waals surface area contributed by atoms with E-state index in [-0.39, 0.29) is 0 Å². The van der Waals surface area contributed by atoms with Gasteiger partial charge in [-0.15, -0.1) is 0 Å². The van der Waals surface area contributed by atoms with Gasteiger partial charge in [-0.3, -0.25) is 4.79 Å². The number of hydrogen-bond donors (Lipinski definition) is 1. The number of carbonyl (C=O) groups excluding carboxylic acids is 1. The van der Waals surface area contributed by atoms with Crippen molar-refractivity contribution in [3.8, 4) is 0 Å². The van der Waals surface area contributed by atoms with Crippen LogP contribution in [0.1, 0.15) is 70.6 Å². The highest BCUT2D eigenvalue weighted by Gasteiger charge is 2.12. The molecule has 1 aromatic rings. The van der Waals surface area contributed by atoms with Crippen LogP contribution in [0.25, 0.3) is 5.57 Å². The van der Waals surface area contributed by atoms with E-state index in [0.717, 1.165) is 35.1 Å². The highest BCUT2D eigenvalue weighted by molar-refractivity contribution is 5.82. The molecule has 0 spiro atoms. The second-order valence-corrected chi connectivity index (χ2v) is 7.77. The molecule has 1 aromatic carbocycles. The summed E-state index contributed by atoms with van der Waals surface area (Å²) in [6.45, 7) is 16.4. The molecule has 0 saturated carbocycles. The molecule has 0 radical (unpaired) electrons. The van der Waals surface area contributed by atoms with Crippen molar-refractivity contribution in [2.75, 3.05) is 0 Å². The quantitative estimate of drug-likeness (QED) is 0.460. The lowest BCUT2D eigenvalue weighted by Gasteiger charge is -2.13. The van der Waals surface area contributed by atoms with Crippen LogP contribution in [0.3, 0.4) is 0 Å². The Morgan fingerprint density at radius 1 is 1.18 bits per heavy atom. The summed E-state index contributed by atoms with van der Waals surface area (Å²) < 4.78 is 0. The number of hydrogen-bond acceptors (Lipinski definition) is 2. The van der Waals surface area contributed by atoms with Crippen LogP contribution < -0.4 is 5.73 Å². The van der Waals surface area contributed by atoms with E-state index in [0.29, 0.717) is 30.2 Å². The normalized spacial score (nSPS) is 11.9. The van der Waals surface area contributed by atoms with Crippen molar-refractivity contribution in [3.63, 3.8) is 0 Å². The summed E-state index contributed by atoms with van der Waals surface area (Å²) in [6.07, 6.45) is 9.55. The molecule has 0 amide bonds. The van der Waals surface area contributed by atoms with Gasteiger partial charge >= 0.3 is 0 Å². The second-order valence-electron chi connectivity index (χ2n) is 7.77. The van der Waals surface area contributed by atoms with Crippen molar-refractivity contribution in [2.45, 2.75) is 67.2 Å². The number of Topliss-reactive ketones (excluding diaryl/α,β-unsaturated/α-hetero) is 1. The molecule has 0 aliphatic carbocycles. The minimum atomic E-state index is 0.335. The molecule has 0 heterocycles. The lowest BCUT2D eigenvalue weighted by atomic mass is 9.92. The highest BCUT2D eigenvalue weighted by atomic mass is 16.1. The lowest BCUT2D eigenvalue weighted by Crippen LogP contribution is -2.10. The minimum Gasteiger partial charge on any atom is -0.399 e. The van der Waals surface area contributed by atoms with E-state index in [1.54, 1.807) is 0 Å². The third-order valence-electron chi connectivity index (χ3n) is 5.30. The third-order valence-corrected chi connectivity index (χ3v) is 5.30. The van der Waals surface area contributed by atoms with Crippen molar-refractivity contribution in [1.29, 1.82) is 0 Å². The molecular weight excluding hydrogens is 342 g/mol. The summed E-state index contributed by atoms with van der Waals surface area (Å²) in [5.41, 5.74) is 13.2. The van der Waals surface area contributed by atoms with Crippen LogP contribution in [0, 0.1) is 12.8 Å². The van der Waals surface area contributed by atoms with E-state index >= 15 is 0 Å². The van der Waals surface area contributed by atoms with Crippen molar-refractivity contribution < 1.29 is 4.79 Å². The van der Waals surface area contributed by atoms with Gasteiger partial charge in [0.15, 0.2) is 0 Å². The first-order chi connectivity index (χ1) is 13.2. The fourth-order valence-electron chi connectivity index (χ4n) is 3.47. The average molecular weight is 380 g/mol. The maximum absolute atomic E-state index is 12.4. The molecule has 0 unspecified atom stereocenters. The molecule has 2 heteroatoms. The Morgan fingerprint density at radius 2 is 1.82 bits per heavy atom. The molecule has 1 rings (SSSR count). The molecule has 28 heavy (non-hydrogen) atoms. The second kappa shape index (κ2) is 11.5. The topological polar surface area (TPSA) is 43.1 Å². The number of allylic oxidation sites excluding steroid dienone is 5. The van der Waals surface area contributed by atoms with Crippen LogP contribution in [0.15, 0.2) is 59.8 Å². The van der Waals surface area contributed by atoms with Gasteiger partial charge in [0, 0.05) is 18.5 Å². The monoisotopic (exact) mass is 379 g/mol. The maximum Gasteiger partial charge on any atom is 0.137 e. The fourth-order valence-corrected chi connectivity index (χ4v) is 3.47. The Bertz CT molecular complexity index is 785. The van der Waals surface area contributed by atoms with Gasteiger partial charge in [-0.05, 0) is 61.4 Å². The lowest BCUT2D eigenvalue weighted by molar-refractivity contribution is -0.119. The Labute approximate surface area is 171 Å². The predicted octanol–water partition coefficient (Wildman–Crippen LogP) is 6.70. The van der Waals surface area contributed by atoms with E-state index < -0.39 is 0 Å². The number of ketones is 1. The molecule has 2 nitrogen and oxygen atoms in total. The Hall–Kier alpha value is -2.35. The van der Waals surface area contributed by atoms with Crippen molar-refractivity contribution >= 4 is 11.4 Å². The standard InChI is InChI=1S/C26H37NO/c1-8-21(9-2)16-24(28)17-22-11-13-26(19(6)15-22)23(10-3)12-14-25(18(4)5)20(7)27/h10-15,21H,7-9,16-17,27H2,1-6H3/b14-12-,23-10+. The van der Waals surface area contributed by atoms with E-state index in [1.807, 2.05) is 26.8 Å². The Balaban J connectivity index is 3.00. The van der Waals surface area contributed by atoms with Crippen LogP contribution in [-0.2, 0) is 11.2 Å². The number of carbonyl (C=O) groups is 1. The molecule has 0 atom stereocenters. The van der Waals surface area contributed by atoms with Crippen molar-refractivity contribution in [3.05, 3.63) is 76.5 Å². The molecular formula is C26H37NO. The molecule has 0 aliphatic heterocycles. The molecule has 0 aromatic heterocycles. The molecule has 0 bridgehead atoms. The van der Waals surface area contributed by atoms with Crippen LogP contribution in [0.4, 0.5) is 0 Å². The van der Waals surface area contributed by atoms with E-state index in [4.69, 9.17) is 5.73 Å². The molecule has 0 aliphatic rings. The van der Waals surface area contributed by atoms with Gasteiger partial charge in [-0.25, -0.2) is 0 Å². The number of aryl methyl sites for hydroxylation is 1. The summed E-state index contributed by atoms with van der Waals surface area (Å²) in [5.74, 6) is 0.843. The number of nitrogens with two attached hydrogens (primary N) is 1. The molecule has 0 fully saturated rings. The maximum atomic E-state index is 12.4. The first-order valence-electron chi connectivity index (χ1n) is 10.3. The van der Waals surface area contributed by atoms with E-state index in [1.165, 1.54) is 11.1 Å². The van der Waals surface area contributed by atoms with Gasteiger partial charge in [-0.1, -0.05) is 75.3 Å². The van der Waals surface area contributed by atoms with Gasteiger partial charge in [0.05, 0.1) is 0 Å². The van der Waals surface area contributed by atoms with Gasteiger partial charge < -0.3 is 5.73 Å². The summed E-state index contributed by atoms with van der Waals surface area (Å²) >= 11 is 0. The highest BCUT2D eigenvalue weighted by Crippen LogP contribution is 2.24. The van der Waals surface area contributed by atoms with Gasteiger partial charge in [-0.2, -0.15) is 0 Å². The van der Waals surface area contributed by atoms with Gasteiger partial charge in [0.25, 0.3) is 0 Å². The van der Waals surface area contributed by atoms with Crippen molar-refractivity contribution in [2.24, 2.45) is 11.7 Å². The molecule has 0 saturated heterocycles. The first-order valence-corrected chi connectivity index (χ1v) is 10.3. The van der Waals surface area contributed by atoms with E-state index in [2.05, 4.69) is 57.7 Å². The SMILES string of the molecule is C=C(N)C(/C=C\C(=C/C)c1ccc(CC(=O)CC(CC)CC)cc1C)=C(C)C. The fraction of sp³-hybridized carbons (Fsp3) is 0.423. The predicted molar refractivity (Wildman–Crippen MR) is 123 cm³/mol. The molecule has 152 valence electrons. The smallest absolute Gasteiger partial charge is 0.137 e. The van der Waals surface area contributed by atoms with Crippen LogP contribution in [-0.4, -0.2) is 5.78 Å². The summed E-state index contributed by atoms with van der Waals surface area (Å²) in [6, 6.07) is 6.34. The number of benzene rings is 1. The summed E-state index contributed by atoms with van der Waals surface area (Å²) in [7, 11) is 0. The van der Waals surface area contributed by atoms with Crippen molar-refractivity contribution in [1.82, 2.24) is 0 Å². The van der Waals surface area contributed by atoms with Crippen LogP contribution in [0.2, 0.25) is 0 Å². The summed E-state index contributed by atoms with van der Waals surface area (Å²) in [5, 5.41) is 0. The van der Waals surface area contributed by atoms with Gasteiger partial charge in [0.2, 0.25) is 0 Å². The third kappa shape index (κ3) is 6.99.